The lowest BCUT2D eigenvalue weighted by Crippen LogP contribution is -2.42. The van der Waals surface area contributed by atoms with E-state index in [0.717, 1.165) is 45.2 Å². The number of hydrogen-bond acceptors (Lipinski definition) is 3. The number of carbonyl (C=O) groups is 2. The second kappa shape index (κ2) is 8.91. The van der Waals surface area contributed by atoms with E-state index in [1.807, 2.05) is 11.8 Å². The highest BCUT2D eigenvalue weighted by atomic mass is 16.2. The number of carbonyl (C=O) groups excluding carboxylic acids is 2. The standard InChI is InChI=1S/C14H27N3O2/c1-12(11-17-10-6-8-14(17)19)16-13(18)7-4-2-3-5-9-15/h12H,2-11,15H2,1H3,(H,16,18). The first-order valence-electron chi connectivity index (χ1n) is 7.40. The van der Waals surface area contributed by atoms with Crippen molar-refractivity contribution in [1.82, 2.24) is 10.2 Å². The van der Waals surface area contributed by atoms with Crippen LogP contribution in [0, 0.1) is 0 Å². The lowest BCUT2D eigenvalue weighted by molar-refractivity contribution is -0.129. The van der Waals surface area contributed by atoms with Crippen LogP contribution in [0.15, 0.2) is 0 Å². The number of rotatable bonds is 9. The summed E-state index contributed by atoms with van der Waals surface area (Å²) in [5.74, 6) is 0.301. The van der Waals surface area contributed by atoms with Crippen molar-refractivity contribution < 1.29 is 9.59 Å². The minimum absolute atomic E-state index is 0.0404. The Kier molecular flexibility index (Phi) is 7.48. The Morgan fingerprint density at radius 1 is 1.37 bits per heavy atom. The number of nitrogens with one attached hydrogen (secondary N) is 1. The van der Waals surface area contributed by atoms with E-state index < -0.39 is 0 Å². The molecular weight excluding hydrogens is 242 g/mol. The highest BCUT2D eigenvalue weighted by Crippen LogP contribution is 2.10. The van der Waals surface area contributed by atoms with E-state index >= 15 is 0 Å². The molecule has 2 amide bonds. The van der Waals surface area contributed by atoms with Crippen LogP contribution in [-0.4, -0.2) is 42.4 Å². The van der Waals surface area contributed by atoms with E-state index in [4.69, 9.17) is 5.73 Å². The third-order valence-corrected chi connectivity index (χ3v) is 3.43. The minimum atomic E-state index is 0.0404. The van der Waals surface area contributed by atoms with E-state index in [1.165, 1.54) is 0 Å². The maximum atomic E-state index is 11.7. The van der Waals surface area contributed by atoms with Gasteiger partial charge in [-0.2, -0.15) is 0 Å². The summed E-state index contributed by atoms with van der Waals surface area (Å²) in [7, 11) is 0. The molecule has 0 aromatic rings. The number of nitrogens with two attached hydrogens (primary N) is 1. The van der Waals surface area contributed by atoms with Crippen molar-refractivity contribution in [3.8, 4) is 0 Å². The highest BCUT2D eigenvalue weighted by molar-refractivity contribution is 5.78. The van der Waals surface area contributed by atoms with Gasteiger partial charge in [-0.25, -0.2) is 0 Å². The van der Waals surface area contributed by atoms with Crippen LogP contribution in [0.5, 0.6) is 0 Å². The van der Waals surface area contributed by atoms with Crippen molar-refractivity contribution in [2.45, 2.75) is 57.9 Å². The summed E-state index contributed by atoms with van der Waals surface area (Å²) < 4.78 is 0. The lowest BCUT2D eigenvalue weighted by Gasteiger charge is -2.21. The fraction of sp³-hybridized carbons (Fsp3) is 0.857. The molecule has 5 heteroatoms. The first-order valence-corrected chi connectivity index (χ1v) is 7.40. The molecule has 1 atom stereocenters. The fourth-order valence-corrected chi connectivity index (χ4v) is 2.40. The van der Waals surface area contributed by atoms with Gasteiger partial charge in [-0.1, -0.05) is 12.8 Å². The molecule has 1 rings (SSSR count). The van der Waals surface area contributed by atoms with Gasteiger partial charge in [0.1, 0.15) is 0 Å². The largest absolute Gasteiger partial charge is 0.352 e. The average Bonchev–Trinajstić information content (AvgIpc) is 2.74. The van der Waals surface area contributed by atoms with Crippen molar-refractivity contribution >= 4 is 11.8 Å². The summed E-state index contributed by atoms with van der Waals surface area (Å²) in [6.45, 7) is 4.15. The summed E-state index contributed by atoms with van der Waals surface area (Å²) >= 11 is 0. The van der Waals surface area contributed by atoms with Crippen LogP contribution in [-0.2, 0) is 9.59 Å². The molecule has 1 unspecified atom stereocenters. The van der Waals surface area contributed by atoms with Gasteiger partial charge in [0.05, 0.1) is 0 Å². The third kappa shape index (κ3) is 6.57. The van der Waals surface area contributed by atoms with Crippen molar-refractivity contribution in [2.75, 3.05) is 19.6 Å². The number of nitrogens with zero attached hydrogens (tertiary/aromatic N) is 1. The molecular formula is C14H27N3O2. The Hall–Kier alpha value is -1.10. The van der Waals surface area contributed by atoms with Crippen LogP contribution in [0.25, 0.3) is 0 Å². The summed E-state index contributed by atoms with van der Waals surface area (Å²) in [6, 6.07) is 0.0404. The zero-order valence-corrected chi connectivity index (χ0v) is 12.0. The molecule has 0 aromatic heterocycles. The average molecular weight is 269 g/mol. The third-order valence-electron chi connectivity index (χ3n) is 3.43. The first-order chi connectivity index (χ1) is 9.13. The van der Waals surface area contributed by atoms with Gasteiger partial charge in [-0.05, 0) is 32.7 Å². The summed E-state index contributed by atoms with van der Waals surface area (Å²) in [6.07, 6.45) is 6.28. The van der Waals surface area contributed by atoms with Gasteiger partial charge in [0.2, 0.25) is 11.8 Å². The van der Waals surface area contributed by atoms with Crippen LogP contribution < -0.4 is 11.1 Å². The van der Waals surface area contributed by atoms with Crippen LogP contribution in [0.2, 0.25) is 0 Å². The molecule has 5 nitrogen and oxygen atoms in total. The van der Waals surface area contributed by atoms with Gasteiger partial charge < -0.3 is 16.0 Å². The molecule has 0 aliphatic carbocycles. The van der Waals surface area contributed by atoms with Gasteiger partial charge >= 0.3 is 0 Å². The maximum absolute atomic E-state index is 11.7. The summed E-state index contributed by atoms with van der Waals surface area (Å²) in [5, 5.41) is 2.96. The Morgan fingerprint density at radius 3 is 2.74 bits per heavy atom. The second-order valence-corrected chi connectivity index (χ2v) is 5.36. The molecule has 3 N–H and O–H groups in total. The smallest absolute Gasteiger partial charge is 0.222 e. The molecule has 19 heavy (non-hydrogen) atoms. The molecule has 1 aliphatic heterocycles. The Labute approximate surface area is 115 Å². The number of amides is 2. The fourth-order valence-electron chi connectivity index (χ4n) is 2.40. The first kappa shape index (κ1) is 16.0. The Bertz CT molecular complexity index is 294. The van der Waals surface area contributed by atoms with E-state index in [2.05, 4.69) is 5.32 Å². The number of likely N-dealkylation sites (tertiary alicyclic amines) is 1. The highest BCUT2D eigenvalue weighted by Gasteiger charge is 2.22. The SMILES string of the molecule is CC(CN1CCCC1=O)NC(=O)CCCCCCN. The lowest BCUT2D eigenvalue weighted by atomic mass is 10.1. The van der Waals surface area contributed by atoms with Crippen molar-refractivity contribution in [2.24, 2.45) is 5.73 Å². The van der Waals surface area contributed by atoms with Crippen LogP contribution in [0.4, 0.5) is 0 Å². The quantitative estimate of drug-likeness (QED) is 0.614. The van der Waals surface area contributed by atoms with Gasteiger partial charge in [0.25, 0.3) is 0 Å². The van der Waals surface area contributed by atoms with Gasteiger partial charge in [0.15, 0.2) is 0 Å². The van der Waals surface area contributed by atoms with E-state index in [1.54, 1.807) is 0 Å². The molecule has 1 fully saturated rings. The molecule has 110 valence electrons. The maximum Gasteiger partial charge on any atom is 0.222 e. The second-order valence-electron chi connectivity index (χ2n) is 5.36. The van der Waals surface area contributed by atoms with E-state index in [9.17, 15) is 9.59 Å². The summed E-state index contributed by atoms with van der Waals surface area (Å²) in [5.41, 5.74) is 5.41. The normalized spacial score (nSPS) is 16.7. The molecule has 1 saturated heterocycles. The van der Waals surface area contributed by atoms with Crippen molar-refractivity contribution in [3.05, 3.63) is 0 Å². The van der Waals surface area contributed by atoms with Crippen molar-refractivity contribution in [3.63, 3.8) is 0 Å². The predicted octanol–water partition coefficient (Wildman–Crippen LogP) is 1.02. The topological polar surface area (TPSA) is 75.4 Å². The number of unbranched alkanes of at least 4 members (excludes halogenated alkanes) is 3. The monoisotopic (exact) mass is 269 g/mol. The molecule has 0 bridgehead atoms. The minimum Gasteiger partial charge on any atom is -0.352 e. The Morgan fingerprint density at radius 2 is 2.11 bits per heavy atom. The zero-order chi connectivity index (χ0) is 14.1. The van der Waals surface area contributed by atoms with E-state index in [-0.39, 0.29) is 17.9 Å². The van der Waals surface area contributed by atoms with Gasteiger partial charge in [-0.3, -0.25) is 9.59 Å². The molecule has 1 heterocycles. The summed E-state index contributed by atoms with van der Waals surface area (Å²) in [4.78, 5) is 25.0. The molecule has 1 aliphatic rings. The Balaban J connectivity index is 2.08. The predicted molar refractivity (Wildman–Crippen MR) is 75.6 cm³/mol. The molecule has 0 aromatic carbocycles. The van der Waals surface area contributed by atoms with E-state index in [0.29, 0.717) is 19.4 Å². The molecule has 0 spiro atoms. The van der Waals surface area contributed by atoms with Crippen molar-refractivity contribution in [1.29, 1.82) is 0 Å². The van der Waals surface area contributed by atoms with Crippen LogP contribution >= 0.6 is 0 Å². The van der Waals surface area contributed by atoms with Crippen LogP contribution in [0.3, 0.4) is 0 Å². The zero-order valence-electron chi connectivity index (χ0n) is 12.0. The number of hydrogen-bond donors (Lipinski definition) is 2. The van der Waals surface area contributed by atoms with Gasteiger partial charge in [-0.15, -0.1) is 0 Å². The molecule has 0 radical (unpaired) electrons. The van der Waals surface area contributed by atoms with Gasteiger partial charge in [0, 0.05) is 32.0 Å². The van der Waals surface area contributed by atoms with Crippen LogP contribution in [0.1, 0.15) is 51.9 Å². The molecule has 0 saturated carbocycles.